The van der Waals surface area contributed by atoms with E-state index >= 15 is 0 Å². The average Bonchev–Trinajstić information content (AvgIpc) is 2.65. The highest BCUT2D eigenvalue weighted by molar-refractivity contribution is 6.74. The van der Waals surface area contributed by atoms with Gasteiger partial charge in [0.25, 0.3) is 0 Å². The van der Waals surface area contributed by atoms with E-state index in [0.29, 0.717) is 12.8 Å². The predicted molar refractivity (Wildman–Crippen MR) is 148 cm³/mol. The number of esters is 2. The van der Waals surface area contributed by atoms with Crippen LogP contribution in [0.15, 0.2) is 12.7 Å². The van der Waals surface area contributed by atoms with Crippen LogP contribution in [-0.4, -0.2) is 60.8 Å². The van der Waals surface area contributed by atoms with Crippen LogP contribution in [0.1, 0.15) is 74.1 Å². The molecule has 0 aromatic rings. The SMILES string of the molecule is C=CC[C@H](CC(=O)OC)O[Si](C)(C)C(C)(C)C.COC(=O)C[C@@H](CC(C)=O)O[Si](C)(C)C(C)(C)C. The van der Waals surface area contributed by atoms with Crippen molar-refractivity contribution in [1.29, 1.82) is 0 Å². The number of methoxy groups -OCH3 is 2. The average molecular weight is 533 g/mol. The van der Waals surface area contributed by atoms with Crippen LogP contribution in [-0.2, 0) is 32.7 Å². The second-order valence-corrected chi connectivity index (χ2v) is 21.5. The number of carbonyl (C=O) groups is 3. The summed E-state index contributed by atoms with van der Waals surface area (Å²) in [5, 5.41) is 0.195. The van der Waals surface area contributed by atoms with Crippen molar-refractivity contribution in [2.24, 2.45) is 0 Å². The van der Waals surface area contributed by atoms with E-state index in [-0.39, 0.29) is 52.8 Å². The van der Waals surface area contributed by atoms with Crippen LogP contribution in [0.5, 0.6) is 0 Å². The zero-order valence-electron chi connectivity index (χ0n) is 24.6. The van der Waals surface area contributed by atoms with Crippen molar-refractivity contribution >= 4 is 34.4 Å². The van der Waals surface area contributed by atoms with Gasteiger partial charge in [-0.15, -0.1) is 6.58 Å². The Labute approximate surface area is 216 Å². The lowest BCUT2D eigenvalue weighted by Crippen LogP contribution is -2.44. The Kier molecular flexibility index (Phi) is 15.4. The van der Waals surface area contributed by atoms with Gasteiger partial charge in [0.2, 0.25) is 0 Å². The molecular weight excluding hydrogens is 480 g/mol. The Morgan fingerprint density at radius 2 is 1.09 bits per heavy atom. The van der Waals surface area contributed by atoms with Crippen molar-refractivity contribution in [3.63, 3.8) is 0 Å². The molecule has 7 nitrogen and oxygen atoms in total. The van der Waals surface area contributed by atoms with Crippen molar-refractivity contribution in [2.75, 3.05) is 14.2 Å². The number of hydrogen-bond acceptors (Lipinski definition) is 7. The maximum atomic E-state index is 11.3. The topological polar surface area (TPSA) is 88.1 Å². The maximum Gasteiger partial charge on any atom is 0.308 e. The lowest BCUT2D eigenvalue weighted by Gasteiger charge is -2.39. The quantitative estimate of drug-likeness (QED) is 0.162. The third-order valence-electron chi connectivity index (χ3n) is 6.72. The van der Waals surface area contributed by atoms with Crippen LogP contribution in [0.3, 0.4) is 0 Å². The van der Waals surface area contributed by atoms with Crippen molar-refractivity contribution < 1.29 is 32.7 Å². The van der Waals surface area contributed by atoms with Crippen molar-refractivity contribution in [3.05, 3.63) is 12.7 Å². The van der Waals surface area contributed by atoms with E-state index in [1.807, 2.05) is 0 Å². The van der Waals surface area contributed by atoms with E-state index in [9.17, 15) is 14.4 Å². The molecule has 0 bridgehead atoms. The van der Waals surface area contributed by atoms with Crippen molar-refractivity contribution in [3.8, 4) is 0 Å². The van der Waals surface area contributed by atoms with E-state index < -0.39 is 16.6 Å². The lowest BCUT2D eigenvalue weighted by atomic mass is 10.1. The normalized spacial score (nSPS) is 14.2. The summed E-state index contributed by atoms with van der Waals surface area (Å²) in [4.78, 5) is 33.9. The Morgan fingerprint density at radius 3 is 1.37 bits per heavy atom. The fourth-order valence-electron chi connectivity index (χ4n) is 2.56. The molecule has 0 N–H and O–H groups in total. The van der Waals surface area contributed by atoms with Gasteiger partial charge in [-0.3, -0.25) is 14.4 Å². The molecule has 2 atom stereocenters. The molecule has 9 heteroatoms. The molecule has 35 heavy (non-hydrogen) atoms. The molecule has 0 heterocycles. The molecule has 0 aromatic carbocycles. The number of rotatable bonds is 12. The second-order valence-electron chi connectivity index (χ2n) is 12.0. The minimum atomic E-state index is -1.97. The molecule has 0 fully saturated rings. The molecular formula is C26H52O7Si2. The number of carbonyl (C=O) groups excluding carboxylic acids is 3. The molecule has 0 aliphatic rings. The van der Waals surface area contributed by atoms with Gasteiger partial charge in [-0.05, 0) is 49.6 Å². The third-order valence-corrected chi connectivity index (χ3v) is 15.8. The first kappa shape index (κ1) is 35.9. The standard InChI is InChI=1S/C13H26O4Si.C13H26O3Si/c1-10(14)8-11(9-12(15)16-5)17-18(6,7)13(2,3)4;1-8-9-11(10-12(14)15-5)16-17(6,7)13(2,3)4/h11H,8-9H2,1-7H3;8,11H,1,9-10H2,2-7H3/t2*11-/m11/s1. The molecule has 0 aromatic heterocycles. The Morgan fingerprint density at radius 1 is 0.743 bits per heavy atom. The van der Waals surface area contributed by atoms with E-state index in [0.717, 1.165) is 0 Å². The lowest BCUT2D eigenvalue weighted by molar-refractivity contribution is -0.143. The van der Waals surface area contributed by atoms with E-state index in [1.165, 1.54) is 21.1 Å². The zero-order valence-corrected chi connectivity index (χ0v) is 26.6. The largest absolute Gasteiger partial charge is 0.469 e. The van der Waals surface area contributed by atoms with Crippen molar-refractivity contribution in [2.45, 2.75) is 123 Å². The second kappa shape index (κ2) is 15.1. The zero-order chi connectivity index (χ0) is 28.3. The number of hydrogen-bond donors (Lipinski definition) is 0. The molecule has 0 rings (SSSR count). The smallest absolute Gasteiger partial charge is 0.308 e. The van der Waals surface area contributed by atoms with Gasteiger partial charge in [-0.2, -0.15) is 0 Å². The molecule has 206 valence electrons. The highest BCUT2D eigenvalue weighted by atomic mass is 28.4. The van der Waals surface area contributed by atoms with E-state index in [4.69, 9.17) is 8.85 Å². The highest BCUT2D eigenvalue weighted by Crippen LogP contribution is 2.39. The van der Waals surface area contributed by atoms with E-state index in [1.54, 1.807) is 6.08 Å². The fraction of sp³-hybridized carbons (Fsp3) is 0.808. The van der Waals surface area contributed by atoms with Crippen LogP contribution in [0.2, 0.25) is 36.3 Å². The summed E-state index contributed by atoms with van der Waals surface area (Å²) >= 11 is 0. The van der Waals surface area contributed by atoms with Gasteiger partial charge in [0.05, 0.1) is 39.3 Å². The number of Topliss-reactive ketones (excluding diaryl/α,β-unsaturated/α-hetero) is 1. The molecule has 0 radical (unpaired) electrons. The minimum absolute atomic E-state index is 0.0302. The summed E-state index contributed by atoms with van der Waals surface area (Å²) in [6, 6.07) is 0. The predicted octanol–water partition coefficient (Wildman–Crippen LogP) is 6.44. The maximum absolute atomic E-state index is 11.3. The van der Waals surface area contributed by atoms with Gasteiger partial charge >= 0.3 is 11.9 Å². The number of ether oxygens (including phenoxy) is 2. The first-order valence-electron chi connectivity index (χ1n) is 12.2. The molecule has 0 unspecified atom stereocenters. The van der Waals surface area contributed by atoms with Gasteiger partial charge in [0.1, 0.15) is 5.78 Å². The Hall–Kier alpha value is -1.30. The summed E-state index contributed by atoms with van der Waals surface area (Å²) < 4.78 is 21.6. The Balaban J connectivity index is 0. The van der Waals surface area contributed by atoms with E-state index in [2.05, 4.69) is 83.8 Å². The fourth-order valence-corrected chi connectivity index (χ4v) is 5.28. The van der Waals surface area contributed by atoms with Gasteiger partial charge in [-0.1, -0.05) is 47.6 Å². The van der Waals surface area contributed by atoms with Gasteiger partial charge in [0, 0.05) is 6.42 Å². The molecule has 0 aliphatic carbocycles. The van der Waals surface area contributed by atoms with Gasteiger partial charge in [0.15, 0.2) is 16.6 Å². The van der Waals surface area contributed by atoms with Crippen LogP contribution < -0.4 is 0 Å². The minimum Gasteiger partial charge on any atom is -0.469 e. The molecule has 0 saturated heterocycles. The van der Waals surface area contributed by atoms with Gasteiger partial charge in [-0.25, -0.2) is 0 Å². The monoisotopic (exact) mass is 532 g/mol. The summed E-state index contributed by atoms with van der Waals surface area (Å²) in [6.45, 7) is 26.7. The highest BCUT2D eigenvalue weighted by Gasteiger charge is 2.40. The molecule has 0 amide bonds. The van der Waals surface area contributed by atoms with Crippen LogP contribution in [0, 0.1) is 0 Å². The first-order chi connectivity index (χ1) is 15.6. The molecule has 0 aliphatic heterocycles. The molecule has 0 spiro atoms. The third kappa shape index (κ3) is 14.8. The number of ketones is 1. The summed E-state index contributed by atoms with van der Waals surface area (Å²) in [7, 11) is -1.07. The van der Waals surface area contributed by atoms with Crippen LogP contribution in [0.4, 0.5) is 0 Å². The summed E-state index contributed by atoms with van der Waals surface area (Å²) in [5.41, 5.74) is 0. The molecule has 0 saturated carbocycles. The van der Waals surface area contributed by atoms with Crippen LogP contribution in [0.25, 0.3) is 0 Å². The summed E-state index contributed by atoms with van der Waals surface area (Å²) in [6.07, 6.45) is 2.71. The van der Waals surface area contributed by atoms with Crippen LogP contribution >= 0.6 is 0 Å². The van der Waals surface area contributed by atoms with Gasteiger partial charge < -0.3 is 18.3 Å². The first-order valence-corrected chi connectivity index (χ1v) is 18.0. The summed E-state index contributed by atoms with van der Waals surface area (Å²) in [5.74, 6) is -0.530. The Bertz CT molecular complexity index is 689. The van der Waals surface area contributed by atoms with Crippen molar-refractivity contribution in [1.82, 2.24) is 0 Å².